The summed E-state index contributed by atoms with van der Waals surface area (Å²) < 4.78 is 16.1. The molecule has 1 aliphatic rings. The number of nitrogens with zero attached hydrogens (tertiary/aromatic N) is 2. The first-order valence-corrected chi connectivity index (χ1v) is 11.6. The van der Waals surface area contributed by atoms with Crippen molar-refractivity contribution in [3.05, 3.63) is 82.4 Å². The number of hydrogen-bond acceptors (Lipinski definition) is 7. The van der Waals surface area contributed by atoms with E-state index in [1.165, 1.54) is 38.4 Å². The van der Waals surface area contributed by atoms with Crippen LogP contribution in [0.25, 0.3) is 16.8 Å². The fourth-order valence-electron chi connectivity index (χ4n) is 4.41. The van der Waals surface area contributed by atoms with Gasteiger partial charge < -0.3 is 24.3 Å². The molecule has 9 nitrogen and oxygen atoms in total. The molecule has 5 rings (SSSR count). The lowest BCUT2D eigenvalue weighted by atomic mass is 9.95. The highest BCUT2D eigenvalue weighted by atomic mass is 35.5. The lowest BCUT2D eigenvalue weighted by Gasteiger charge is -2.24. The molecule has 188 valence electrons. The highest BCUT2D eigenvalue weighted by Crippen LogP contribution is 2.44. The van der Waals surface area contributed by atoms with Crippen LogP contribution in [0.2, 0.25) is 5.02 Å². The number of aromatic nitrogens is 2. The summed E-state index contributed by atoms with van der Waals surface area (Å²) in [5, 5.41) is 11.7. The number of para-hydroxylation sites is 2. The molecule has 0 bridgehead atoms. The average molecular weight is 520 g/mol. The Bertz CT molecular complexity index is 1540. The fourth-order valence-corrected chi connectivity index (χ4v) is 4.60. The second-order valence-corrected chi connectivity index (χ2v) is 8.62. The van der Waals surface area contributed by atoms with Crippen molar-refractivity contribution in [1.29, 1.82) is 0 Å². The Morgan fingerprint density at radius 1 is 0.946 bits per heavy atom. The van der Waals surface area contributed by atoms with Crippen LogP contribution in [-0.4, -0.2) is 48.1 Å². The maximum Gasteiger partial charge on any atom is 0.302 e. The van der Waals surface area contributed by atoms with Gasteiger partial charge in [-0.3, -0.25) is 14.5 Å². The molecule has 1 fully saturated rings. The average Bonchev–Trinajstić information content (AvgIpc) is 3.46. The number of Topliss-reactive ketones (excluding diaryl/α,β-unsaturated/α-hetero) is 1. The van der Waals surface area contributed by atoms with Crippen LogP contribution in [0.5, 0.6) is 17.2 Å². The van der Waals surface area contributed by atoms with Crippen molar-refractivity contribution >= 4 is 46.0 Å². The molecule has 1 atom stereocenters. The number of aromatic amines is 1. The van der Waals surface area contributed by atoms with Crippen LogP contribution in [-0.2, 0) is 9.59 Å². The zero-order valence-electron chi connectivity index (χ0n) is 20.1. The summed E-state index contributed by atoms with van der Waals surface area (Å²) >= 11 is 6.15. The third-order valence-corrected chi connectivity index (χ3v) is 6.51. The summed E-state index contributed by atoms with van der Waals surface area (Å²) in [6.45, 7) is 0. The van der Waals surface area contributed by atoms with E-state index in [0.29, 0.717) is 38.9 Å². The molecule has 2 N–H and O–H groups in total. The lowest BCUT2D eigenvalue weighted by Crippen LogP contribution is -2.30. The van der Waals surface area contributed by atoms with Crippen LogP contribution in [0.4, 0.5) is 5.95 Å². The number of methoxy groups -OCH3 is 3. The van der Waals surface area contributed by atoms with Crippen LogP contribution in [0.1, 0.15) is 17.2 Å². The Morgan fingerprint density at radius 3 is 2.38 bits per heavy atom. The summed E-state index contributed by atoms with van der Waals surface area (Å²) in [6, 6.07) is 15.8. The number of aliphatic hydroxyl groups is 1. The number of amides is 1. The summed E-state index contributed by atoms with van der Waals surface area (Å²) in [5.41, 5.74) is 1.94. The number of carbonyl (C=O) groups is 2. The number of aliphatic hydroxyl groups excluding tert-OH is 1. The number of ether oxygens (including phenoxy) is 3. The van der Waals surface area contributed by atoms with E-state index in [1.54, 1.807) is 30.3 Å². The second kappa shape index (κ2) is 9.51. The van der Waals surface area contributed by atoms with Gasteiger partial charge in [0.15, 0.2) is 11.5 Å². The highest BCUT2D eigenvalue weighted by molar-refractivity contribution is 6.51. The van der Waals surface area contributed by atoms with E-state index in [2.05, 4.69) is 9.97 Å². The number of rotatable bonds is 6. The van der Waals surface area contributed by atoms with Crippen LogP contribution >= 0.6 is 11.6 Å². The van der Waals surface area contributed by atoms with Crippen molar-refractivity contribution in [2.45, 2.75) is 6.04 Å². The molecule has 1 aliphatic heterocycles. The minimum atomic E-state index is -1.03. The normalized spacial score (nSPS) is 16.9. The predicted molar refractivity (Wildman–Crippen MR) is 138 cm³/mol. The Kier molecular flexibility index (Phi) is 6.22. The van der Waals surface area contributed by atoms with Crippen molar-refractivity contribution in [3.8, 4) is 17.2 Å². The summed E-state index contributed by atoms with van der Waals surface area (Å²) in [4.78, 5) is 35.8. The molecule has 2 heterocycles. The van der Waals surface area contributed by atoms with Crippen molar-refractivity contribution in [2.75, 3.05) is 26.2 Å². The molecular weight excluding hydrogens is 498 g/mol. The smallest absolute Gasteiger partial charge is 0.302 e. The number of H-pyrrole nitrogens is 1. The molecule has 0 spiro atoms. The molecule has 1 amide bonds. The number of imidazole rings is 1. The fraction of sp³-hybridized carbons (Fsp3) is 0.148. The predicted octanol–water partition coefficient (Wildman–Crippen LogP) is 4.87. The van der Waals surface area contributed by atoms with Crippen LogP contribution in [0, 0.1) is 0 Å². The minimum absolute atomic E-state index is 0.123. The van der Waals surface area contributed by atoms with E-state index in [1.807, 2.05) is 18.2 Å². The zero-order chi connectivity index (χ0) is 26.3. The number of fused-ring (bicyclic) bond motifs is 1. The van der Waals surface area contributed by atoms with Crippen molar-refractivity contribution in [2.24, 2.45) is 0 Å². The van der Waals surface area contributed by atoms with Crippen molar-refractivity contribution in [3.63, 3.8) is 0 Å². The molecule has 3 aromatic carbocycles. The van der Waals surface area contributed by atoms with Crippen LogP contribution < -0.4 is 19.1 Å². The number of anilines is 1. The van der Waals surface area contributed by atoms with Gasteiger partial charge in [0.05, 0.1) is 49.0 Å². The highest BCUT2D eigenvalue weighted by Gasteiger charge is 2.48. The van der Waals surface area contributed by atoms with E-state index >= 15 is 0 Å². The first-order chi connectivity index (χ1) is 17.9. The van der Waals surface area contributed by atoms with Crippen molar-refractivity contribution < 1.29 is 28.9 Å². The Morgan fingerprint density at radius 2 is 1.68 bits per heavy atom. The number of benzene rings is 3. The lowest BCUT2D eigenvalue weighted by molar-refractivity contribution is -0.132. The maximum atomic E-state index is 13.4. The van der Waals surface area contributed by atoms with Gasteiger partial charge in [0.2, 0.25) is 5.95 Å². The molecular formula is C27H22ClN3O6. The van der Waals surface area contributed by atoms with Gasteiger partial charge in [0.25, 0.3) is 5.78 Å². The van der Waals surface area contributed by atoms with Gasteiger partial charge in [-0.25, -0.2) is 4.98 Å². The van der Waals surface area contributed by atoms with E-state index in [4.69, 9.17) is 25.8 Å². The van der Waals surface area contributed by atoms with Crippen LogP contribution in [0.15, 0.2) is 66.2 Å². The van der Waals surface area contributed by atoms with Crippen LogP contribution in [0.3, 0.4) is 0 Å². The number of nitrogens with one attached hydrogen (secondary N) is 1. The maximum absolute atomic E-state index is 13.4. The summed E-state index contributed by atoms with van der Waals surface area (Å²) in [5.74, 6) is -0.770. The molecule has 0 aliphatic carbocycles. The number of hydrogen-bond donors (Lipinski definition) is 2. The van der Waals surface area contributed by atoms with E-state index in [9.17, 15) is 14.7 Å². The minimum Gasteiger partial charge on any atom is -0.507 e. The van der Waals surface area contributed by atoms with Gasteiger partial charge in [-0.05, 0) is 48.0 Å². The van der Waals surface area contributed by atoms with Gasteiger partial charge in [-0.1, -0.05) is 29.8 Å². The van der Waals surface area contributed by atoms with Gasteiger partial charge in [0.1, 0.15) is 11.5 Å². The Balaban J connectivity index is 1.75. The van der Waals surface area contributed by atoms with Gasteiger partial charge >= 0.3 is 5.91 Å². The Labute approximate surface area is 216 Å². The monoisotopic (exact) mass is 519 g/mol. The van der Waals surface area contributed by atoms with E-state index in [-0.39, 0.29) is 22.8 Å². The summed E-state index contributed by atoms with van der Waals surface area (Å²) in [7, 11) is 4.43. The van der Waals surface area contributed by atoms with Gasteiger partial charge in [0, 0.05) is 5.56 Å². The summed E-state index contributed by atoms with van der Waals surface area (Å²) in [6.07, 6.45) is 0. The molecule has 1 saturated heterocycles. The molecule has 1 aromatic heterocycles. The molecule has 4 aromatic rings. The number of ketones is 1. The quantitative estimate of drug-likeness (QED) is 0.212. The topological polar surface area (TPSA) is 114 Å². The largest absolute Gasteiger partial charge is 0.507 e. The van der Waals surface area contributed by atoms with Gasteiger partial charge in [-0.2, -0.15) is 0 Å². The van der Waals surface area contributed by atoms with Crippen molar-refractivity contribution in [1.82, 2.24) is 9.97 Å². The SMILES string of the molecule is COc1cc(/C(O)=C2\C(=O)C(=O)N(c3nc4ccccc4[nH]3)C2c2ccc(OC)c(OC)c2)ccc1Cl. The Hall–Kier alpha value is -4.50. The van der Waals surface area contributed by atoms with Gasteiger partial charge in [-0.15, -0.1) is 0 Å². The third kappa shape index (κ3) is 4.03. The second-order valence-electron chi connectivity index (χ2n) is 8.21. The van der Waals surface area contributed by atoms with E-state index in [0.717, 1.165) is 0 Å². The molecule has 1 unspecified atom stereocenters. The first kappa shape index (κ1) is 24.2. The molecule has 37 heavy (non-hydrogen) atoms. The molecule has 10 heteroatoms. The standard InChI is InChI=1S/C27H22ClN3O6/c1-35-19-11-9-14(12-21(19)37-3)23-22(24(32)15-8-10-16(28)20(13-15)36-2)25(33)26(34)31(23)27-29-17-6-4-5-7-18(17)30-27/h4-13,23,32H,1-3H3,(H,29,30)/b24-22+. The first-order valence-electron chi connectivity index (χ1n) is 11.2. The zero-order valence-corrected chi connectivity index (χ0v) is 20.9. The molecule has 0 radical (unpaired) electrons. The molecule has 0 saturated carbocycles. The van der Waals surface area contributed by atoms with E-state index < -0.39 is 17.7 Å². The number of halogens is 1. The number of carbonyl (C=O) groups excluding carboxylic acids is 2. The third-order valence-electron chi connectivity index (χ3n) is 6.20.